The molecule has 0 N–H and O–H groups in total. The van der Waals surface area contributed by atoms with Crippen molar-refractivity contribution < 1.29 is 13.2 Å². The van der Waals surface area contributed by atoms with E-state index in [1.54, 1.807) is 16.5 Å². The molecular formula is C12H19ClN2O3S. The van der Waals surface area contributed by atoms with E-state index in [1.165, 1.54) is 12.3 Å². The number of carbonyl (C=O) groups is 1. The monoisotopic (exact) mass is 306 g/mol. The molecule has 1 unspecified atom stereocenters. The summed E-state index contributed by atoms with van der Waals surface area (Å²) in [6, 6.07) is 1.41. The van der Waals surface area contributed by atoms with E-state index in [0.717, 1.165) is 6.42 Å². The molecular weight excluding hydrogens is 288 g/mol. The summed E-state index contributed by atoms with van der Waals surface area (Å²) in [5.41, 5.74) is 0.338. The normalized spacial score (nSPS) is 13.3. The van der Waals surface area contributed by atoms with Gasteiger partial charge in [0.15, 0.2) is 0 Å². The van der Waals surface area contributed by atoms with Crippen LogP contribution in [0.25, 0.3) is 0 Å². The fourth-order valence-electron chi connectivity index (χ4n) is 1.71. The SMILES string of the molecule is CCC(C)N(C)C(=O)c1cc(S(=O)(=O)Cl)cn1CC. The molecule has 0 aliphatic rings. The van der Waals surface area contributed by atoms with Gasteiger partial charge in [-0.3, -0.25) is 4.79 Å². The summed E-state index contributed by atoms with van der Waals surface area (Å²) in [5.74, 6) is -0.206. The third kappa shape index (κ3) is 3.51. The summed E-state index contributed by atoms with van der Waals surface area (Å²) in [6.07, 6.45) is 2.22. The van der Waals surface area contributed by atoms with E-state index in [1.807, 2.05) is 20.8 Å². The molecule has 0 aliphatic heterocycles. The van der Waals surface area contributed by atoms with Crippen LogP contribution in [0.3, 0.4) is 0 Å². The van der Waals surface area contributed by atoms with Gasteiger partial charge in [0.1, 0.15) is 10.6 Å². The third-order valence-electron chi connectivity index (χ3n) is 3.29. The van der Waals surface area contributed by atoms with Crippen LogP contribution in [-0.2, 0) is 15.6 Å². The number of hydrogen-bond acceptors (Lipinski definition) is 3. The quantitative estimate of drug-likeness (QED) is 0.784. The van der Waals surface area contributed by atoms with Crippen molar-refractivity contribution >= 4 is 25.6 Å². The van der Waals surface area contributed by atoms with E-state index in [-0.39, 0.29) is 16.8 Å². The number of carbonyl (C=O) groups excluding carboxylic acids is 1. The summed E-state index contributed by atoms with van der Waals surface area (Å²) in [6.45, 7) is 6.27. The topological polar surface area (TPSA) is 59.4 Å². The Balaban J connectivity index is 3.20. The van der Waals surface area contributed by atoms with Crippen LogP contribution in [-0.4, -0.2) is 36.9 Å². The minimum absolute atomic E-state index is 0.0445. The first-order valence-corrected chi connectivity index (χ1v) is 8.45. The van der Waals surface area contributed by atoms with Crippen LogP contribution >= 0.6 is 10.7 Å². The van der Waals surface area contributed by atoms with Gasteiger partial charge in [0.05, 0.1) is 0 Å². The molecule has 1 rings (SSSR count). The minimum atomic E-state index is -3.82. The van der Waals surface area contributed by atoms with Crippen LogP contribution in [0.5, 0.6) is 0 Å². The van der Waals surface area contributed by atoms with E-state index in [0.29, 0.717) is 12.2 Å². The molecule has 1 heterocycles. The molecule has 19 heavy (non-hydrogen) atoms. The molecule has 0 fully saturated rings. The van der Waals surface area contributed by atoms with Gasteiger partial charge >= 0.3 is 0 Å². The van der Waals surface area contributed by atoms with Gasteiger partial charge in [-0.25, -0.2) is 8.42 Å². The standard InChI is InChI=1S/C12H19ClN2O3S/c1-5-9(3)14(4)12(16)11-7-10(19(13,17)18)8-15(11)6-2/h7-9H,5-6H2,1-4H3. The van der Waals surface area contributed by atoms with Crippen molar-refractivity contribution in [3.05, 3.63) is 18.0 Å². The van der Waals surface area contributed by atoms with E-state index < -0.39 is 9.05 Å². The van der Waals surface area contributed by atoms with Gasteiger partial charge in [0, 0.05) is 36.5 Å². The van der Waals surface area contributed by atoms with Crippen molar-refractivity contribution in [3.8, 4) is 0 Å². The second-order valence-electron chi connectivity index (χ2n) is 4.46. The van der Waals surface area contributed by atoms with Gasteiger partial charge in [-0.2, -0.15) is 0 Å². The van der Waals surface area contributed by atoms with Gasteiger partial charge in [-0.1, -0.05) is 6.92 Å². The zero-order valence-electron chi connectivity index (χ0n) is 11.6. The van der Waals surface area contributed by atoms with Crippen molar-refractivity contribution in [2.45, 2.75) is 44.7 Å². The van der Waals surface area contributed by atoms with E-state index in [9.17, 15) is 13.2 Å². The fourth-order valence-corrected chi connectivity index (χ4v) is 2.47. The van der Waals surface area contributed by atoms with Crippen LogP contribution in [0.4, 0.5) is 0 Å². The van der Waals surface area contributed by atoms with Crippen LogP contribution < -0.4 is 0 Å². The zero-order valence-corrected chi connectivity index (χ0v) is 13.1. The fraction of sp³-hybridized carbons (Fsp3) is 0.583. The molecule has 1 amide bonds. The Hall–Kier alpha value is -1.01. The summed E-state index contributed by atoms with van der Waals surface area (Å²) in [4.78, 5) is 13.9. The molecule has 0 saturated heterocycles. The maximum absolute atomic E-state index is 12.3. The highest BCUT2D eigenvalue weighted by atomic mass is 35.7. The Bertz CT molecular complexity index is 566. The maximum Gasteiger partial charge on any atom is 0.270 e. The van der Waals surface area contributed by atoms with Crippen LogP contribution in [0.15, 0.2) is 17.2 Å². The Morgan fingerprint density at radius 1 is 1.47 bits per heavy atom. The largest absolute Gasteiger partial charge is 0.342 e. The summed E-state index contributed by atoms with van der Waals surface area (Å²) < 4.78 is 24.2. The molecule has 0 aliphatic carbocycles. The van der Waals surface area contributed by atoms with Gasteiger partial charge in [0.25, 0.3) is 15.0 Å². The van der Waals surface area contributed by atoms with E-state index >= 15 is 0 Å². The maximum atomic E-state index is 12.3. The molecule has 5 nitrogen and oxygen atoms in total. The van der Waals surface area contributed by atoms with Crippen LogP contribution in [0.1, 0.15) is 37.7 Å². The lowest BCUT2D eigenvalue weighted by molar-refractivity contribution is 0.0729. The lowest BCUT2D eigenvalue weighted by atomic mass is 10.2. The molecule has 0 saturated carbocycles. The van der Waals surface area contributed by atoms with Crippen molar-refractivity contribution in [1.29, 1.82) is 0 Å². The predicted octanol–water partition coefficient (Wildman–Crippen LogP) is 2.31. The second kappa shape index (κ2) is 5.96. The zero-order chi connectivity index (χ0) is 14.8. The van der Waals surface area contributed by atoms with Crippen molar-refractivity contribution in [3.63, 3.8) is 0 Å². The smallest absolute Gasteiger partial charge is 0.270 e. The average molecular weight is 307 g/mol. The molecule has 1 aromatic rings. The van der Waals surface area contributed by atoms with Gasteiger partial charge in [-0.05, 0) is 26.3 Å². The van der Waals surface area contributed by atoms with Gasteiger partial charge in [0.2, 0.25) is 0 Å². The van der Waals surface area contributed by atoms with Crippen LogP contribution in [0, 0.1) is 0 Å². The first-order valence-electron chi connectivity index (χ1n) is 6.14. The first-order chi connectivity index (χ1) is 8.72. The summed E-state index contributed by atoms with van der Waals surface area (Å²) in [7, 11) is 3.20. The predicted molar refractivity (Wildman–Crippen MR) is 75.0 cm³/mol. The Kier molecular flexibility index (Phi) is 5.04. The van der Waals surface area contributed by atoms with E-state index in [2.05, 4.69) is 0 Å². The molecule has 0 spiro atoms. The molecule has 7 heteroatoms. The molecule has 0 aromatic carbocycles. The van der Waals surface area contributed by atoms with Crippen molar-refractivity contribution in [1.82, 2.24) is 9.47 Å². The highest BCUT2D eigenvalue weighted by molar-refractivity contribution is 8.13. The van der Waals surface area contributed by atoms with Gasteiger partial charge in [-0.15, -0.1) is 0 Å². The number of aryl methyl sites for hydroxylation is 1. The number of rotatable bonds is 5. The lowest BCUT2D eigenvalue weighted by Gasteiger charge is -2.24. The van der Waals surface area contributed by atoms with Crippen LogP contribution in [0.2, 0.25) is 0 Å². The molecule has 0 bridgehead atoms. The summed E-state index contributed by atoms with van der Waals surface area (Å²) >= 11 is 0. The number of hydrogen-bond donors (Lipinski definition) is 0. The Morgan fingerprint density at radius 2 is 2.05 bits per heavy atom. The molecule has 108 valence electrons. The minimum Gasteiger partial charge on any atom is -0.342 e. The molecule has 0 radical (unpaired) electrons. The van der Waals surface area contributed by atoms with E-state index in [4.69, 9.17) is 10.7 Å². The first kappa shape index (κ1) is 16.0. The van der Waals surface area contributed by atoms with Crippen molar-refractivity contribution in [2.75, 3.05) is 7.05 Å². The van der Waals surface area contributed by atoms with Gasteiger partial charge < -0.3 is 9.47 Å². The summed E-state index contributed by atoms with van der Waals surface area (Å²) in [5, 5.41) is 0. The number of nitrogens with zero attached hydrogens (tertiary/aromatic N) is 2. The number of halogens is 1. The number of aromatic nitrogens is 1. The Labute approximate surface area is 118 Å². The molecule has 1 aromatic heterocycles. The number of amides is 1. The Morgan fingerprint density at radius 3 is 2.47 bits per heavy atom. The van der Waals surface area contributed by atoms with Crippen molar-refractivity contribution in [2.24, 2.45) is 0 Å². The highest BCUT2D eigenvalue weighted by Gasteiger charge is 2.23. The lowest BCUT2D eigenvalue weighted by Crippen LogP contribution is -2.35. The highest BCUT2D eigenvalue weighted by Crippen LogP contribution is 2.20. The second-order valence-corrected chi connectivity index (χ2v) is 7.02. The average Bonchev–Trinajstić information content (AvgIpc) is 2.79. The third-order valence-corrected chi connectivity index (χ3v) is 4.61. The molecule has 1 atom stereocenters.